The number of hydrogen-bond donors (Lipinski definition) is 1. The van der Waals surface area contributed by atoms with Gasteiger partial charge in [0.1, 0.15) is 12.1 Å². The number of rotatable bonds is 1. The van der Waals surface area contributed by atoms with E-state index in [1.54, 1.807) is 6.33 Å². The summed E-state index contributed by atoms with van der Waals surface area (Å²) in [6.07, 6.45) is 6.74. The molecule has 3 heteroatoms. The highest BCUT2D eigenvalue weighted by molar-refractivity contribution is 5.29. The van der Waals surface area contributed by atoms with Crippen molar-refractivity contribution in [2.45, 2.75) is 31.6 Å². The molecule has 0 unspecified atom stereocenters. The van der Waals surface area contributed by atoms with E-state index in [1.165, 1.54) is 25.7 Å². The zero-order chi connectivity index (χ0) is 8.39. The molecule has 1 aromatic heterocycles. The Balaban J connectivity index is 2.21. The van der Waals surface area contributed by atoms with Crippen LogP contribution in [0.15, 0.2) is 12.4 Å². The second-order valence-corrected chi connectivity index (χ2v) is 3.35. The zero-order valence-corrected chi connectivity index (χ0v) is 7.03. The molecule has 2 N–H and O–H groups in total. The van der Waals surface area contributed by atoms with Crippen LogP contribution in [0.3, 0.4) is 0 Å². The summed E-state index contributed by atoms with van der Waals surface area (Å²) in [5, 5.41) is 0. The molecule has 3 nitrogen and oxygen atoms in total. The smallest absolute Gasteiger partial charge is 0.127 e. The normalized spacial score (nSPS) is 18.3. The third kappa shape index (κ3) is 1.40. The van der Waals surface area contributed by atoms with Gasteiger partial charge in [-0.3, -0.25) is 0 Å². The van der Waals surface area contributed by atoms with E-state index in [0.29, 0.717) is 11.7 Å². The molecule has 0 radical (unpaired) electrons. The Morgan fingerprint density at radius 1 is 1.25 bits per heavy atom. The van der Waals surface area contributed by atoms with Crippen molar-refractivity contribution in [2.24, 2.45) is 0 Å². The van der Waals surface area contributed by atoms with Gasteiger partial charge >= 0.3 is 0 Å². The largest absolute Gasteiger partial charge is 0.384 e. The van der Waals surface area contributed by atoms with Crippen molar-refractivity contribution in [3.8, 4) is 0 Å². The predicted molar refractivity (Wildman–Crippen MR) is 47.7 cm³/mol. The van der Waals surface area contributed by atoms with E-state index in [2.05, 4.69) is 9.97 Å². The first kappa shape index (κ1) is 7.53. The molecule has 1 aliphatic carbocycles. The number of anilines is 1. The van der Waals surface area contributed by atoms with Gasteiger partial charge in [0.25, 0.3) is 0 Å². The summed E-state index contributed by atoms with van der Waals surface area (Å²) in [6, 6.07) is 1.90. The highest BCUT2D eigenvalue weighted by Gasteiger charge is 2.18. The van der Waals surface area contributed by atoms with Gasteiger partial charge in [-0.05, 0) is 12.8 Å². The van der Waals surface area contributed by atoms with E-state index < -0.39 is 0 Å². The summed E-state index contributed by atoms with van der Waals surface area (Å²) < 4.78 is 0. The predicted octanol–water partition coefficient (Wildman–Crippen LogP) is 1.72. The topological polar surface area (TPSA) is 51.8 Å². The van der Waals surface area contributed by atoms with E-state index in [1.807, 2.05) is 6.07 Å². The second-order valence-electron chi connectivity index (χ2n) is 3.35. The Kier molecular flexibility index (Phi) is 1.94. The van der Waals surface area contributed by atoms with Crippen molar-refractivity contribution in [1.82, 2.24) is 9.97 Å². The molecule has 0 amide bonds. The molecule has 1 aliphatic rings. The molecule has 12 heavy (non-hydrogen) atoms. The summed E-state index contributed by atoms with van der Waals surface area (Å²) >= 11 is 0. The molecule has 0 bridgehead atoms. The number of nitrogens with zero attached hydrogens (tertiary/aromatic N) is 2. The Morgan fingerprint density at radius 3 is 2.67 bits per heavy atom. The maximum atomic E-state index is 5.58. The zero-order valence-electron chi connectivity index (χ0n) is 7.03. The number of hydrogen-bond acceptors (Lipinski definition) is 3. The van der Waals surface area contributed by atoms with Crippen LogP contribution in [0.5, 0.6) is 0 Å². The van der Waals surface area contributed by atoms with Crippen LogP contribution in [0.25, 0.3) is 0 Å². The summed E-state index contributed by atoms with van der Waals surface area (Å²) in [7, 11) is 0. The number of nitrogen functional groups attached to an aromatic ring is 1. The molecule has 64 valence electrons. The first-order valence-electron chi connectivity index (χ1n) is 4.43. The maximum absolute atomic E-state index is 5.58. The molecule has 2 rings (SSSR count). The highest BCUT2D eigenvalue weighted by Crippen LogP contribution is 2.32. The summed E-state index contributed by atoms with van der Waals surface area (Å²) in [5.41, 5.74) is 6.70. The Hall–Kier alpha value is -1.12. The molecule has 1 fully saturated rings. The van der Waals surface area contributed by atoms with Gasteiger partial charge in [-0.15, -0.1) is 0 Å². The third-order valence-electron chi connectivity index (χ3n) is 2.48. The molecule has 0 spiro atoms. The Labute approximate surface area is 72.0 Å². The Morgan fingerprint density at radius 2 is 2.00 bits per heavy atom. The minimum Gasteiger partial charge on any atom is -0.384 e. The monoisotopic (exact) mass is 163 g/mol. The van der Waals surface area contributed by atoms with Gasteiger partial charge in [-0.25, -0.2) is 9.97 Å². The standard InChI is InChI=1S/C9H13N3/c10-9-5-8(11-6-12-9)7-3-1-2-4-7/h5-7H,1-4H2,(H2,10,11,12). The van der Waals surface area contributed by atoms with Crippen molar-refractivity contribution in [3.63, 3.8) is 0 Å². The van der Waals surface area contributed by atoms with E-state index in [-0.39, 0.29) is 0 Å². The fraction of sp³-hybridized carbons (Fsp3) is 0.556. The van der Waals surface area contributed by atoms with Crippen molar-refractivity contribution < 1.29 is 0 Å². The highest BCUT2D eigenvalue weighted by atomic mass is 14.9. The van der Waals surface area contributed by atoms with Crippen LogP contribution in [0.2, 0.25) is 0 Å². The minimum absolute atomic E-state index is 0.590. The SMILES string of the molecule is Nc1cc(C2CCCC2)ncn1. The van der Waals surface area contributed by atoms with E-state index >= 15 is 0 Å². The molecule has 0 saturated heterocycles. The first-order chi connectivity index (χ1) is 5.86. The number of nitrogens with two attached hydrogens (primary N) is 1. The third-order valence-corrected chi connectivity index (χ3v) is 2.48. The van der Waals surface area contributed by atoms with Gasteiger partial charge < -0.3 is 5.73 Å². The lowest BCUT2D eigenvalue weighted by molar-refractivity contribution is 0.694. The van der Waals surface area contributed by atoms with Crippen LogP contribution in [0.1, 0.15) is 37.3 Å². The van der Waals surface area contributed by atoms with Crippen LogP contribution >= 0.6 is 0 Å². The van der Waals surface area contributed by atoms with Crippen LogP contribution in [-0.4, -0.2) is 9.97 Å². The second kappa shape index (κ2) is 3.09. The van der Waals surface area contributed by atoms with E-state index in [9.17, 15) is 0 Å². The van der Waals surface area contributed by atoms with Gasteiger partial charge in [0.2, 0.25) is 0 Å². The van der Waals surface area contributed by atoms with Crippen LogP contribution in [0.4, 0.5) is 5.82 Å². The molecule has 0 atom stereocenters. The lowest BCUT2D eigenvalue weighted by atomic mass is 10.0. The van der Waals surface area contributed by atoms with E-state index in [0.717, 1.165) is 5.69 Å². The molecule has 1 heterocycles. The van der Waals surface area contributed by atoms with Crippen LogP contribution in [-0.2, 0) is 0 Å². The first-order valence-corrected chi connectivity index (χ1v) is 4.43. The molecule has 0 aliphatic heterocycles. The van der Waals surface area contributed by atoms with Crippen molar-refractivity contribution >= 4 is 5.82 Å². The molecule has 0 aromatic carbocycles. The quantitative estimate of drug-likeness (QED) is 0.685. The van der Waals surface area contributed by atoms with Gasteiger partial charge in [0.15, 0.2) is 0 Å². The molecular formula is C9H13N3. The summed E-state index contributed by atoms with van der Waals surface area (Å²) in [5.74, 6) is 1.22. The molecular weight excluding hydrogens is 150 g/mol. The lowest BCUT2D eigenvalue weighted by Crippen LogP contribution is -1.99. The summed E-state index contributed by atoms with van der Waals surface area (Å²) in [4.78, 5) is 8.11. The average molecular weight is 163 g/mol. The minimum atomic E-state index is 0.590. The van der Waals surface area contributed by atoms with Crippen molar-refractivity contribution in [3.05, 3.63) is 18.1 Å². The van der Waals surface area contributed by atoms with Crippen molar-refractivity contribution in [2.75, 3.05) is 5.73 Å². The van der Waals surface area contributed by atoms with Gasteiger partial charge in [-0.1, -0.05) is 12.8 Å². The lowest BCUT2D eigenvalue weighted by Gasteiger charge is -2.07. The molecule has 1 saturated carbocycles. The van der Waals surface area contributed by atoms with Gasteiger partial charge in [0.05, 0.1) is 0 Å². The van der Waals surface area contributed by atoms with Crippen molar-refractivity contribution in [1.29, 1.82) is 0 Å². The van der Waals surface area contributed by atoms with Gasteiger partial charge in [0, 0.05) is 17.7 Å². The maximum Gasteiger partial charge on any atom is 0.127 e. The average Bonchev–Trinajstić information content (AvgIpc) is 2.56. The number of aromatic nitrogens is 2. The fourth-order valence-corrected chi connectivity index (χ4v) is 1.83. The van der Waals surface area contributed by atoms with Crippen LogP contribution < -0.4 is 5.73 Å². The summed E-state index contributed by atoms with van der Waals surface area (Å²) in [6.45, 7) is 0. The van der Waals surface area contributed by atoms with E-state index in [4.69, 9.17) is 5.73 Å². The fourth-order valence-electron chi connectivity index (χ4n) is 1.83. The molecule has 1 aromatic rings. The van der Waals surface area contributed by atoms with Gasteiger partial charge in [-0.2, -0.15) is 0 Å². The van der Waals surface area contributed by atoms with Crippen LogP contribution in [0, 0.1) is 0 Å². The Bertz CT molecular complexity index is 266.